The van der Waals surface area contributed by atoms with E-state index in [0.717, 1.165) is 12.3 Å². The molecule has 0 radical (unpaired) electrons. The fourth-order valence-corrected chi connectivity index (χ4v) is 2.54. The fraction of sp³-hybridized carbons (Fsp3) is 0.250. The zero-order chi connectivity index (χ0) is 19.5. The number of carbonyl (C=O) groups is 2. The van der Waals surface area contributed by atoms with E-state index in [1.54, 1.807) is 0 Å². The SMILES string of the molecule is Cc1cc(C(NC(=O)c2ccc(CNS(C)(=O)=O)o2)C(=O)O)ccc1F. The molecule has 1 atom stereocenters. The zero-order valence-electron chi connectivity index (χ0n) is 13.9. The molecule has 0 aliphatic rings. The minimum atomic E-state index is -3.43. The van der Waals surface area contributed by atoms with Gasteiger partial charge < -0.3 is 14.8 Å². The van der Waals surface area contributed by atoms with Gasteiger partial charge in [-0.15, -0.1) is 0 Å². The van der Waals surface area contributed by atoms with E-state index < -0.39 is 33.8 Å². The second kappa shape index (κ2) is 7.67. The maximum Gasteiger partial charge on any atom is 0.330 e. The molecule has 10 heteroatoms. The van der Waals surface area contributed by atoms with Gasteiger partial charge in [0.05, 0.1) is 12.8 Å². The summed E-state index contributed by atoms with van der Waals surface area (Å²) in [7, 11) is -3.43. The lowest BCUT2D eigenvalue weighted by molar-refractivity contribution is -0.139. The van der Waals surface area contributed by atoms with Crippen LogP contribution in [0.5, 0.6) is 0 Å². The topological polar surface area (TPSA) is 126 Å². The van der Waals surface area contributed by atoms with Crippen LogP contribution in [0.4, 0.5) is 4.39 Å². The van der Waals surface area contributed by atoms with E-state index in [-0.39, 0.29) is 29.2 Å². The predicted molar refractivity (Wildman–Crippen MR) is 89.4 cm³/mol. The van der Waals surface area contributed by atoms with E-state index in [4.69, 9.17) is 4.42 Å². The van der Waals surface area contributed by atoms with Gasteiger partial charge in [-0.3, -0.25) is 4.79 Å². The van der Waals surface area contributed by atoms with Crippen molar-refractivity contribution < 1.29 is 31.9 Å². The highest BCUT2D eigenvalue weighted by atomic mass is 32.2. The van der Waals surface area contributed by atoms with Crippen LogP contribution in [-0.4, -0.2) is 31.7 Å². The second-order valence-corrected chi connectivity index (χ2v) is 7.45. The Morgan fingerprint density at radius 1 is 1.27 bits per heavy atom. The largest absolute Gasteiger partial charge is 0.479 e. The summed E-state index contributed by atoms with van der Waals surface area (Å²) in [6, 6.07) is 5.01. The lowest BCUT2D eigenvalue weighted by atomic mass is 10.0. The average Bonchev–Trinajstić information content (AvgIpc) is 3.01. The summed E-state index contributed by atoms with van der Waals surface area (Å²) < 4.78 is 42.9. The molecule has 2 rings (SSSR count). The predicted octanol–water partition coefficient (Wildman–Crippen LogP) is 1.33. The number of amides is 1. The van der Waals surface area contributed by atoms with Gasteiger partial charge in [-0.2, -0.15) is 0 Å². The number of rotatable bonds is 7. The Balaban J connectivity index is 2.14. The second-order valence-electron chi connectivity index (χ2n) is 5.61. The lowest BCUT2D eigenvalue weighted by Crippen LogP contribution is -2.33. The minimum absolute atomic E-state index is 0.147. The summed E-state index contributed by atoms with van der Waals surface area (Å²) in [5.41, 5.74) is 0.449. The van der Waals surface area contributed by atoms with Crippen LogP contribution in [0.2, 0.25) is 0 Å². The number of halogens is 1. The van der Waals surface area contributed by atoms with Crippen LogP contribution in [0.25, 0.3) is 0 Å². The molecule has 1 aromatic heterocycles. The average molecular weight is 384 g/mol. The minimum Gasteiger partial charge on any atom is -0.479 e. The van der Waals surface area contributed by atoms with Gasteiger partial charge in [-0.05, 0) is 36.2 Å². The number of aliphatic carboxylic acids is 1. The number of sulfonamides is 1. The molecule has 1 aromatic carbocycles. The van der Waals surface area contributed by atoms with E-state index in [9.17, 15) is 27.5 Å². The van der Waals surface area contributed by atoms with Crippen LogP contribution >= 0.6 is 0 Å². The number of carbonyl (C=O) groups excluding carboxylic acids is 1. The van der Waals surface area contributed by atoms with Crippen LogP contribution in [0, 0.1) is 12.7 Å². The van der Waals surface area contributed by atoms with Crippen LogP contribution < -0.4 is 10.0 Å². The lowest BCUT2D eigenvalue weighted by Gasteiger charge is -2.15. The summed E-state index contributed by atoms with van der Waals surface area (Å²) in [6.45, 7) is 1.33. The van der Waals surface area contributed by atoms with Crippen LogP contribution in [0.3, 0.4) is 0 Å². The number of benzene rings is 1. The van der Waals surface area contributed by atoms with Crippen molar-refractivity contribution in [3.8, 4) is 0 Å². The van der Waals surface area contributed by atoms with E-state index >= 15 is 0 Å². The van der Waals surface area contributed by atoms with Crippen molar-refractivity contribution in [1.82, 2.24) is 10.0 Å². The Bertz CT molecular complexity index is 938. The number of furan rings is 1. The molecule has 0 saturated carbocycles. The highest BCUT2D eigenvalue weighted by molar-refractivity contribution is 7.88. The number of aryl methyl sites for hydroxylation is 1. The van der Waals surface area contributed by atoms with Crippen LogP contribution in [0.15, 0.2) is 34.7 Å². The van der Waals surface area contributed by atoms with Crippen molar-refractivity contribution in [1.29, 1.82) is 0 Å². The molecule has 1 unspecified atom stereocenters. The van der Waals surface area contributed by atoms with Crippen molar-refractivity contribution in [3.63, 3.8) is 0 Å². The highest BCUT2D eigenvalue weighted by Crippen LogP contribution is 2.18. The number of nitrogens with one attached hydrogen (secondary N) is 2. The van der Waals surface area contributed by atoms with Gasteiger partial charge in [-0.1, -0.05) is 12.1 Å². The van der Waals surface area contributed by atoms with Gasteiger partial charge >= 0.3 is 5.97 Å². The first-order valence-corrected chi connectivity index (χ1v) is 9.29. The molecule has 0 spiro atoms. The Morgan fingerprint density at radius 3 is 2.54 bits per heavy atom. The molecule has 0 saturated heterocycles. The van der Waals surface area contributed by atoms with Gasteiger partial charge in [0.1, 0.15) is 11.6 Å². The first-order valence-electron chi connectivity index (χ1n) is 7.40. The Hall–Kier alpha value is -2.72. The summed E-state index contributed by atoms with van der Waals surface area (Å²) in [4.78, 5) is 23.7. The number of hydrogen-bond acceptors (Lipinski definition) is 5. The Kier molecular flexibility index (Phi) is 5.78. The molecule has 1 heterocycles. The summed E-state index contributed by atoms with van der Waals surface area (Å²) in [5.74, 6) is -2.61. The molecule has 8 nitrogen and oxygen atoms in total. The third kappa shape index (κ3) is 5.14. The van der Waals surface area contributed by atoms with E-state index in [1.165, 1.54) is 31.2 Å². The highest BCUT2D eigenvalue weighted by Gasteiger charge is 2.24. The normalized spacial score (nSPS) is 12.6. The molecule has 0 aliphatic heterocycles. The van der Waals surface area contributed by atoms with Crippen molar-refractivity contribution in [2.75, 3.05) is 6.26 Å². The summed E-state index contributed by atoms with van der Waals surface area (Å²) in [6.07, 6.45) is 0.978. The van der Waals surface area contributed by atoms with E-state index in [1.807, 2.05) is 0 Å². The van der Waals surface area contributed by atoms with Crippen LogP contribution in [0.1, 0.15) is 33.5 Å². The molecule has 140 valence electrons. The fourth-order valence-electron chi connectivity index (χ4n) is 2.13. The molecule has 3 N–H and O–H groups in total. The third-order valence-corrected chi connectivity index (χ3v) is 4.10. The zero-order valence-corrected chi connectivity index (χ0v) is 14.8. The van der Waals surface area contributed by atoms with Crippen LogP contribution in [-0.2, 0) is 21.4 Å². The monoisotopic (exact) mass is 384 g/mol. The molecule has 26 heavy (non-hydrogen) atoms. The van der Waals surface area contributed by atoms with Gasteiger partial charge in [0.15, 0.2) is 11.8 Å². The molecule has 1 amide bonds. The smallest absolute Gasteiger partial charge is 0.330 e. The van der Waals surface area contributed by atoms with Crippen molar-refractivity contribution in [2.24, 2.45) is 0 Å². The summed E-state index contributed by atoms with van der Waals surface area (Å²) >= 11 is 0. The first-order chi connectivity index (χ1) is 12.1. The summed E-state index contributed by atoms with van der Waals surface area (Å²) in [5, 5.41) is 11.6. The van der Waals surface area contributed by atoms with Crippen molar-refractivity contribution in [3.05, 3.63) is 58.8 Å². The van der Waals surface area contributed by atoms with Crippen molar-refractivity contribution >= 4 is 21.9 Å². The van der Waals surface area contributed by atoms with Crippen molar-refractivity contribution in [2.45, 2.75) is 19.5 Å². The third-order valence-electron chi connectivity index (χ3n) is 3.43. The number of carboxylic acids is 1. The molecule has 2 aromatic rings. The molecular weight excluding hydrogens is 367 g/mol. The molecule has 0 fully saturated rings. The quantitative estimate of drug-likeness (QED) is 0.661. The maximum absolute atomic E-state index is 13.4. The first kappa shape index (κ1) is 19.6. The standard InChI is InChI=1S/C16H17FN2O6S/c1-9-7-10(3-5-12(9)17)14(16(21)22)19-15(20)13-6-4-11(25-13)8-18-26(2,23)24/h3-7,14,18H,8H2,1-2H3,(H,19,20)(H,21,22). The molecular formula is C16H17FN2O6S. The van der Waals surface area contributed by atoms with E-state index in [0.29, 0.717) is 0 Å². The van der Waals surface area contributed by atoms with E-state index in [2.05, 4.69) is 10.0 Å². The molecule has 0 aliphatic carbocycles. The Morgan fingerprint density at radius 2 is 1.96 bits per heavy atom. The van der Waals surface area contributed by atoms with Gasteiger partial charge in [0.25, 0.3) is 5.91 Å². The maximum atomic E-state index is 13.4. The number of hydrogen-bond donors (Lipinski definition) is 3. The van der Waals surface area contributed by atoms with Gasteiger partial charge in [-0.25, -0.2) is 22.3 Å². The molecule has 0 bridgehead atoms. The van der Waals surface area contributed by atoms with Gasteiger partial charge in [0, 0.05) is 0 Å². The Labute approximate surface area is 149 Å². The van der Waals surface area contributed by atoms with Gasteiger partial charge in [0.2, 0.25) is 10.0 Å². The number of carboxylic acid groups (broad SMARTS) is 1.